The van der Waals surface area contributed by atoms with Crippen molar-refractivity contribution in [3.8, 4) is 50.3 Å². The number of rotatable bonds is 10. The van der Waals surface area contributed by atoms with Crippen LogP contribution in [0.5, 0.6) is 5.75 Å². The zero-order chi connectivity index (χ0) is 40.5. The minimum Gasteiger partial charge on any atom is -0.494 e. The number of unbranched alkanes of at least 4 members (excludes halogenated alkanes) is 1. The van der Waals surface area contributed by atoms with E-state index in [-0.39, 0.29) is 6.42 Å². The number of nitrogens with zero attached hydrogens (tertiary/aromatic N) is 5. The molecule has 9 rings (SSSR count). The number of aromatic amines is 2. The van der Waals surface area contributed by atoms with E-state index in [9.17, 15) is 4.79 Å². The number of fused-ring (bicyclic) bond motifs is 8. The van der Waals surface area contributed by atoms with Crippen molar-refractivity contribution >= 4 is 52.3 Å². The van der Waals surface area contributed by atoms with Gasteiger partial charge in [0.1, 0.15) is 26.9 Å². The lowest BCUT2D eigenvalue weighted by Crippen LogP contribution is -2.25. The lowest BCUT2D eigenvalue weighted by Gasteiger charge is -2.08. The van der Waals surface area contributed by atoms with Crippen LogP contribution in [0.25, 0.3) is 90.9 Å². The van der Waals surface area contributed by atoms with Crippen LogP contribution in [0.15, 0.2) is 122 Å². The lowest BCUT2D eigenvalue weighted by molar-refractivity contribution is -0.671. The molecule has 290 valence electrons. The van der Waals surface area contributed by atoms with Crippen LogP contribution in [0.4, 0.5) is 0 Å². The summed E-state index contributed by atoms with van der Waals surface area (Å²) in [7, 11) is 6.06. The molecule has 10 heteroatoms. The number of carboxylic acids is 1. The van der Waals surface area contributed by atoms with Gasteiger partial charge in [0.15, 0.2) is 37.2 Å². The smallest absolute Gasteiger partial charge is 0.303 e. The Bertz CT molecular complexity index is 2900. The SMILES string of the molecule is C[n+]1ccc(-c2c3nc(c(-c4cc[n+](C)cc4)c4ccc([nH]4)c(-c4cc[n+](C)cc4)c4nc(c(-c5ccc(OCCCCC(=O)O)cc5)c5ccc2[nH]5)C=C4)C=C3)cc1. The molecule has 0 fully saturated rings. The second-order valence-corrected chi connectivity index (χ2v) is 15.0. The first-order valence-electron chi connectivity index (χ1n) is 19.8. The van der Waals surface area contributed by atoms with Gasteiger partial charge in [0.25, 0.3) is 0 Å². The van der Waals surface area contributed by atoms with Crippen molar-refractivity contribution in [2.45, 2.75) is 19.3 Å². The predicted molar refractivity (Wildman–Crippen MR) is 231 cm³/mol. The van der Waals surface area contributed by atoms with Gasteiger partial charge in [-0.25, -0.2) is 23.7 Å². The molecule has 2 aliphatic rings. The van der Waals surface area contributed by atoms with Crippen LogP contribution in [0, 0.1) is 0 Å². The van der Waals surface area contributed by atoms with Gasteiger partial charge in [-0.15, -0.1) is 0 Å². The van der Waals surface area contributed by atoms with E-state index >= 15 is 0 Å². The summed E-state index contributed by atoms with van der Waals surface area (Å²) in [4.78, 5) is 29.4. The number of carbonyl (C=O) groups is 1. The molecule has 0 spiro atoms. The molecule has 1 aromatic carbocycles. The van der Waals surface area contributed by atoms with Crippen LogP contribution < -0.4 is 18.4 Å². The predicted octanol–water partition coefficient (Wildman–Crippen LogP) is 8.43. The summed E-state index contributed by atoms with van der Waals surface area (Å²) in [5.74, 6) is -0.0655. The maximum atomic E-state index is 11.0. The highest BCUT2D eigenvalue weighted by Gasteiger charge is 2.20. The summed E-state index contributed by atoms with van der Waals surface area (Å²) < 4.78 is 12.1. The maximum Gasteiger partial charge on any atom is 0.303 e. The second-order valence-electron chi connectivity index (χ2n) is 15.0. The molecule has 0 aliphatic carbocycles. The van der Waals surface area contributed by atoms with Crippen molar-refractivity contribution < 1.29 is 28.3 Å². The molecule has 3 N–H and O–H groups in total. The fraction of sp³-hybridized carbons (Fsp3) is 0.143. The van der Waals surface area contributed by atoms with Crippen LogP contribution >= 0.6 is 0 Å². The molecule has 0 unspecified atom stereocenters. The Kier molecular flexibility index (Phi) is 9.96. The van der Waals surface area contributed by atoms with Gasteiger partial charge in [0.2, 0.25) is 0 Å². The third-order valence-electron chi connectivity index (χ3n) is 10.8. The third-order valence-corrected chi connectivity index (χ3v) is 10.8. The lowest BCUT2D eigenvalue weighted by atomic mass is 10.0. The van der Waals surface area contributed by atoms with Crippen molar-refractivity contribution in [2.24, 2.45) is 21.1 Å². The van der Waals surface area contributed by atoms with Gasteiger partial charge in [0, 0.05) is 87.1 Å². The monoisotopic (exact) mass is 778 g/mol. The molecule has 0 radical (unpaired) electrons. The summed E-state index contributed by atoms with van der Waals surface area (Å²) in [6.07, 6.45) is 22.1. The zero-order valence-corrected chi connectivity index (χ0v) is 33.2. The minimum absolute atomic E-state index is 0.137. The van der Waals surface area contributed by atoms with E-state index in [0.717, 1.165) is 95.1 Å². The Morgan fingerprint density at radius 1 is 0.508 bits per heavy atom. The number of aromatic nitrogens is 7. The molecular weight excluding hydrogens is 735 g/mol. The normalized spacial score (nSPS) is 11.9. The van der Waals surface area contributed by atoms with Gasteiger partial charge >= 0.3 is 5.97 Å². The van der Waals surface area contributed by atoms with Crippen molar-refractivity contribution in [2.75, 3.05) is 6.61 Å². The Morgan fingerprint density at radius 3 is 1.19 bits per heavy atom. The molecule has 2 aliphatic heterocycles. The highest BCUT2D eigenvalue weighted by molar-refractivity contribution is 5.99. The van der Waals surface area contributed by atoms with Crippen LogP contribution in [0.2, 0.25) is 0 Å². The molecule has 0 saturated carbocycles. The van der Waals surface area contributed by atoms with E-state index in [4.69, 9.17) is 19.8 Å². The third kappa shape index (κ3) is 7.68. The molecular formula is C49H44N7O3+3. The van der Waals surface area contributed by atoms with E-state index < -0.39 is 5.97 Å². The first-order chi connectivity index (χ1) is 28.8. The highest BCUT2D eigenvalue weighted by Crippen LogP contribution is 2.38. The fourth-order valence-electron chi connectivity index (χ4n) is 7.71. The van der Waals surface area contributed by atoms with Gasteiger partial charge in [0.05, 0.1) is 29.4 Å². The number of carboxylic acid groups (broad SMARTS) is 1. The molecule has 0 atom stereocenters. The molecule has 0 amide bonds. The van der Waals surface area contributed by atoms with Crippen LogP contribution in [0.3, 0.4) is 0 Å². The van der Waals surface area contributed by atoms with Crippen molar-refractivity contribution in [1.82, 2.24) is 19.9 Å². The summed E-state index contributed by atoms with van der Waals surface area (Å²) in [6, 6.07) is 29.3. The van der Waals surface area contributed by atoms with E-state index in [2.05, 4.69) is 144 Å². The Morgan fingerprint density at radius 2 is 0.847 bits per heavy atom. The first kappa shape index (κ1) is 37.1. The van der Waals surface area contributed by atoms with Gasteiger partial charge in [-0.3, -0.25) is 4.79 Å². The number of benzene rings is 1. The van der Waals surface area contributed by atoms with Crippen LogP contribution in [-0.4, -0.2) is 37.6 Å². The fourth-order valence-corrected chi connectivity index (χ4v) is 7.71. The van der Waals surface area contributed by atoms with Gasteiger partial charge < -0.3 is 19.8 Å². The highest BCUT2D eigenvalue weighted by atomic mass is 16.5. The quantitative estimate of drug-likeness (QED) is 0.0953. The largest absolute Gasteiger partial charge is 0.494 e. The molecule has 59 heavy (non-hydrogen) atoms. The number of H-pyrrole nitrogens is 2. The van der Waals surface area contributed by atoms with E-state index in [0.29, 0.717) is 19.4 Å². The maximum absolute atomic E-state index is 11.0. The summed E-state index contributed by atoms with van der Waals surface area (Å²) >= 11 is 0. The molecule has 7 aromatic rings. The number of hydrogen-bond acceptors (Lipinski definition) is 4. The molecule has 8 heterocycles. The van der Waals surface area contributed by atoms with E-state index in [1.165, 1.54) is 0 Å². The Labute approximate surface area is 341 Å². The summed E-state index contributed by atoms with van der Waals surface area (Å²) in [5, 5.41) is 9.00. The van der Waals surface area contributed by atoms with E-state index in [1.54, 1.807) is 0 Å². The van der Waals surface area contributed by atoms with Crippen molar-refractivity contribution in [3.05, 3.63) is 145 Å². The number of aryl methyl sites for hydroxylation is 3. The number of ether oxygens (including phenoxy) is 1. The standard InChI is InChI=1S/C49H41N7O3/c1-54-25-19-33(20-26-54)47-39-13-11-37(50-39)46(32-7-9-36(10-8-32)59-31-5-4-6-45(57)58)38-12-14-40(51-38)48(34-21-27-55(2)28-22-34)42-16-18-44(53-42)49(43-17-15-41(47)52-43)35-23-29-56(3)30-24-35/h7-30H,4-6,31H2,1-3H3/p+3. The van der Waals surface area contributed by atoms with E-state index in [1.807, 2.05) is 47.0 Å². The minimum atomic E-state index is -0.791. The summed E-state index contributed by atoms with van der Waals surface area (Å²) in [6.45, 7) is 0.449. The molecule has 10 nitrogen and oxygen atoms in total. The van der Waals surface area contributed by atoms with Crippen LogP contribution in [0.1, 0.15) is 42.0 Å². The number of hydrogen-bond donors (Lipinski definition) is 3. The zero-order valence-electron chi connectivity index (χ0n) is 33.2. The average Bonchev–Trinajstić information content (AvgIpc) is 4.08. The van der Waals surface area contributed by atoms with Gasteiger partial charge in [-0.1, -0.05) is 12.1 Å². The topological polar surface area (TPSA) is 116 Å². The Balaban J connectivity index is 1.33. The molecule has 8 bridgehead atoms. The number of nitrogens with one attached hydrogen (secondary N) is 2. The van der Waals surface area contributed by atoms with Crippen LogP contribution in [-0.2, 0) is 25.9 Å². The number of pyridine rings is 3. The Hall–Kier alpha value is -7.46. The van der Waals surface area contributed by atoms with Crippen molar-refractivity contribution in [1.29, 1.82) is 0 Å². The van der Waals surface area contributed by atoms with Gasteiger partial charge in [-0.2, -0.15) is 0 Å². The van der Waals surface area contributed by atoms with Gasteiger partial charge in [-0.05, 0) is 95.8 Å². The van der Waals surface area contributed by atoms with Crippen molar-refractivity contribution in [3.63, 3.8) is 0 Å². The molecule has 6 aromatic heterocycles. The summed E-state index contributed by atoms with van der Waals surface area (Å²) in [5.41, 5.74) is 15.1. The number of aliphatic carboxylic acids is 1. The average molecular weight is 779 g/mol. The second kappa shape index (κ2) is 15.8. The first-order valence-corrected chi connectivity index (χ1v) is 19.8. The molecule has 0 saturated heterocycles.